The first-order chi connectivity index (χ1) is 2.94. The van der Waals surface area contributed by atoms with Gasteiger partial charge in [-0.2, -0.15) is 0 Å². The van der Waals surface area contributed by atoms with E-state index in [9.17, 15) is 0 Å². The van der Waals surface area contributed by atoms with E-state index in [0.717, 1.165) is 0 Å². The summed E-state index contributed by atoms with van der Waals surface area (Å²) < 4.78 is 0. The average molecular weight is 132 g/mol. The topological polar surface area (TPSA) is 20.2 Å². The Morgan fingerprint density at radius 3 is 1.38 bits per heavy atom. The largest absolute Gasteiger partial charge is 0.390 e. The van der Waals surface area contributed by atoms with E-state index < -0.39 is 5.60 Å². The Labute approximate surface area is 62.2 Å². The van der Waals surface area contributed by atoms with Gasteiger partial charge in [-0.15, -0.1) is 0 Å². The molecule has 8 heavy (non-hydrogen) atoms. The molecule has 0 saturated carbocycles. The minimum Gasteiger partial charge on any atom is -0.390 e. The van der Waals surface area contributed by atoms with Crippen LogP contribution in [0.4, 0.5) is 0 Å². The van der Waals surface area contributed by atoms with E-state index in [-0.39, 0.29) is 17.4 Å². The van der Waals surface area contributed by atoms with Gasteiger partial charge in [0.25, 0.3) is 0 Å². The van der Waals surface area contributed by atoms with Crippen molar-refractivity contribution in [1.29, 1.82) is 0 Å². The van der Waals surface area contributed by atoms with Crippen molar-refractivity contribution < 1.29 is 5.11 Å². The summed E-state index contributed by atoms with van der Waals surface area (Å²) in [5.41, 5.74) is -0.500. The van der Waals surface area contributed by atoms with Crippen molar-refractivity contribution in [3.8, 4) is 0 Å². The summed E-state index contributed by atoms with van der Waals surface area (Å²) in [5, 5.41) is 9.09. The molecule has 0 unspecified atom stereocenters. The predicted molar refractivity (Wildman–Crippen MR) is 41.1 cm³/mol. The van der Waals surface area contributed by atoms with Crippen LogP contribution in [0.15, 0.2) is 0 Å². The molecule has 0 saturated heterocycles. The molecule has 2 heteroatoms. The quantitative estimate of drug-likeness (QED) is 0.506. The molecule has 0 heterocycles. The van der Waals surface area contributed by atoms with Gasteiger partial charge in [-0.3, -0.25) is 0 Å². The Hall–Kier alpha value is 0.492. The van der Waals surface area contributed by atoms with Gasteiger partial charge in [-0.05, 0) is 19.8 Å². The van der Waals surface area contributed by atoms with Gasteiger partial charge in [0.2, 0.25) is 0 Å². The molecule has 0 spiro atoms. The Morgan fingerprint density at radius 2 is 1.38 bits per heavy atom. The fourth-order valence-electron chi connectivity index (χ4n) is 0. The van der Waals surface area contributed by atoms with Crippen molar-refractivity contribution in [3.05, 3.63) is 0 Å². The highest BCUT2D eigenvalue weighted by molar-refractivity contribution is 5.75. The lowest BCUT2D eigenvalue weighted by Gasteiger charge is -2.21. The third-order valence-electron chi connectivity index (χ3n) is 1.41. The smallest absolute Gasteiger partial charge is 0.187 e. The van der Waals surface area contributed by atoms with Gasteiger partial charge >= 0.3 is 0 Å². The van der Waals surface area contributed by atoms with E-state index in [4.69, 9.17) is 5.11 Å². The molecule has 0 aromatic heterocycles. The molecule has 1 nitrogen and oxygen atoms in total. The number of hydrogen-bond acceptors (Lipinski definition) is 1. The monoisotopic (exact) mass is 132 g/mol. The maximum absolute atomic E-state index is 9.09. The van der Waals surface area contributed by atoms with E-state index in [1.165, 1.54) is 0 Å². The van der Waals surface area contributed by atoms with Gasteiger partial charge in [0.05, 0.1) is 5.60 Å². The summed E-state index contributed by atoms with van der Waals surface area (Å²) in [4.78, 5) is 0. The predicted octanol–water partition coefficient (Wildman–Crippen LogP) is 0.229. The SMILES string of the molecule is CC(C)C(C)(C)O.[AlH3]. The van der Waals surface area contributed by atoms with Crippen molar-refractivity contribution in [3.63, 3.8) is 0 Å². The van der Waals surface area contributed by atoms with Crippen LogP contribution in [-0.2, 0) is 0 Å². The summed E-state index contributed by atoms with van der Waals surface area (Å²) in [7, 11) is 0. The van der Waals surface area contributed by atoms with E-state index in [1.54, 1.807) is 0 Å². The molecule has 0 bridgehead atoms. The molecule has 0 aliphatic rings. The molecule has 0 aromatic rings. The zero-order valence-electron chi connectivity index (χ0n) is 5.52. The number of rotatable bonds is 1. The lowest BCUT2D eigenvalue weighted by Crippen LogP contribution is -2.25. The van der Waals surface area contributed by atoms with E-state index >= 15 is 0 Å². The van der Waals surface area contributed by atoms with Gasteiger partial charge in [0.15, 0.2) is 17.4 Å². The van der Waals surface area contributed by atoms with Gasteiger partial charge in [0, 0.05) is 0 Å². The summed E-state index contributed by atoms with van der Waals surface area (Å²) in [6.45, 7) is 7.63. The van der Waals surface area contributed by atoms with Crippen LogP contribution in [0.1, 0.15) is 27.7 Å². The molecule has 0 atom stereocenters. The van der Waals surface area contributed by atoms with Crippen LogP contribution in [0.3, 0.4) is 0 Å². The molecule has 1 N–H and O–H groups in total. The van der Waals surface area contributed by atoms with E-state index in [2.05, 4.69) is 0 Å². The van der Waals surface area contributed by atoms with Gasteiger partial charge < -0.3 is 5.11 Å². The van der Waals surface area contributed by atoms with Crippen molar-refractivity contribution in [1.82, 2.24) is 0 Å². The summed E-state index contributed by atoms with van der Waals surface area (Å²) in [5.74, 6) is 0.354. The Kier molecular flexibility index (Phi) is 4.96. The van der Waals surface area contributed by atoms with Crippen molar-refractivity contribution in [2.75, 3.05) is 0 Å². The summed E-state index contributed by atoms with van der Waals surface area (Å²) >= 11 is 0. The Bertz CT molecular complexity index is 54.0. The first-order valence-electron chi connectivity index (χ1n) is 2.67. The molecule has 50 valence electrons. The van der Waals surface area contributed by atoms with Crippen molar-refractivity contribution in [2.45, 2.75) is 33.3 Å². The van der Waals surface area contributed by atoms with Crippen LogP contribution >= 0.6 is 0 Å². The fraction of sp³-hybridized carbons (Fsp3) is 1.00. The third-order valence-corrected chi connectivity index (χ3v) is 1.41. The van der Waals surface area contributed by atoms with E-state index in [1.807, 2.05) is 27.7 Å². The Morgan fingerprint density at radius 1 is 1.25 bits per heavy atom. The molecule has 0 aromatic carbocycles. The summed E-state index contributed by atoms with van der Waals surface area (Å²) in [6.07, 6.45) is 0. The number of aliphatic hydroxyl groups is 1. The van der Waals surface area contributed by atoms with Crippen LogP contribution in [0.25, 0.3) is 0 Å². The van der Waals surface area contributed by atoms with Gasteiger partial charge in [0.1, 0.15) is 0 Å². The molecule has 0 radical (unpaired) electrons. The first-order valence-corrected chi connectivity index (χ1v) is 2.67. The van der Waals surface area contributed by atoms with Crippen molar-refractivity contribution in [2.24, 2.45) is 5.92 Å². The zero-order chi connectivity index (χ0) is 6.08. The zero-order valence-corrected chi connectivity index (χ0v) is 5.52. The highest BCUT2D eigenvalue weighted by Gasteiger charge is 2.16. The fourth-order valence-corrected chi connectivity index (χ4v) is 0. The second-order valence-corrected chi connectivity index (χ2v) is 2.81. The van der Waals surface area contributed by atoms with Gasteiger partial charge in [-0.25, -0.2) is 0 Å². The minimum absolute atomic E-state index is 0. The second-order valence-electron chi connectivity index (χ2n) is 2.81. The maximum Gasteiger partial charge on any atom is 0.187 e. The minimum atomic E-state index is -0.500. The lowest BCUT2D eigenvalue weighted by molar-refractivity contribution is 0.0327. The van der Waals surface area contributed by atoms with Crippen LogP contribution in [0, 0.1) is 5.92 Å². The molecule has 0 amide bonds. The average Bonchev–Trinajstić information content (AvgIpc) is 1.31. The number of hydrogen-bond donors (Lipinski definition) is 1. The molecule has 0 rings (SSSR count). The van der Waals surface area contributed by atoms with Crippen molar-refractivity contribution >= 4 is 17.4 Å². The lowest BCUT2D eigenvalue weighted by atomic mass is 9.95. The van der Waals surface area contributed by atoms with Crippen LogP contribution in [0.5, 0.6) is 0 Å². The van der Waals surface area contributed by atoms with E-state index in [0.29, 0.717) is 5.92 Å². The van der Waals surface area contributed by atoms with Gasteiger partial charge in [-0.1, -0.05) is 13.8 Å². The Balaban J connectivity index is 0. The standard InChI is InChI=1S/C6H14O.Al.3H/c1-5(2)6(3,4)7;;;;/h5,7H,1-4H3;;;;. The molecular weight excluding hydrogens is 115 g/mol. The first kappa shape index (κ1) is 11.3. The summed E-state index contributed by atoms with van der Waals surface area (Å²) in [6, 6.07) is 0. The van der Waals surface area contributed by atoms with Crippen LogP contribution in [-0.4, -0.2) is 28.1 Å². The normalized spacial score (nSPS) is 11.2. The third kappa shape index (κ3) is 4.65. The molecule has 0 aliphatic heterocycles. The molecule has 0 aliphatic carbocycles. The maximum atomic E-state index is 9.09. The molecular formula is C6H17AlO. The second kappa shape index (κ2) is 3.50. The highest BCUT2D eigenvalue weighted by atomic mass is 27.0. The van der Waals surface area contributed by atoms with Crippen LogP contribution < -0.4 is 0 Å². The molecule has 0 fully saturated rings. The highest BCUT2D eigenvalue weighted by Crippen LogP contribution is 2.12. The van der Waals surface area contributed by atoms with Crippen LogP contribution in [0.2, 0.25) is 0 Å².